The fraction of sp³-hybridized carbons (Fsp3) is 0.174. The van der Waals surface area contributed by atoms with Gasteiger partial charge in [0, 0.05) is 29.8 Å². The maximum absolute atomic E-state index is 12.4. The van der Waals surface area contributed by atoms with E-state index in [1.807, 2.05) is 19.1 Å². The lowest BCUT2D eigenvalue weighted by Crippen LogP contribution is -2.13. The van der Waals surface area contributed by atoms with Gasteiger partial charge in [-0.3, -0.25) is 4.79 Å². The molecule has 0 aliphatic heterocycles. The zero-order chi connectivity index (χ0) is 22.4. The van der Waals surface area contributed by atoms with Gasteiger partial charge in [0.05, 0.1) is 12.8 Å². The van der Waals surface area contributed by atoms with Crippen molar-refractivity contribution in [1.82, 2.24) is 4.98 Å². The summed E-state index contributed by atoms with van der Waals surface area (Å²) < 4.78 is 10.9. The van der Waals surface area contributed by atoms with Crippen LogP contribution in [0.3, 0.4) is 0 Å². The van der Waals surface area contributed by atoms with Crippen molar-refractivity contribution in [3.63, 3.8) is 0 Å². The molecule has 160 valence electrons. The van der Waals surface area contributed by atoms with Crippen molar-refractivity contribution in [3.05, 3.63) is 76.6 Å². The number of nitrogens with one attached hydrogen (secondary N) is 1. The van der Waals surface area contributed by atoms with E-state index in [0.717, 1.165) is 11.1 Å². The summed E-state index contributed by atoms with van der Waals surface area (Å²) in [6.07, 6.45) is 2.21. The number of methoxy groups -OCH3 is 1. The van der Waals surface area contributed by atoms with Gasteiger partial charge in [-0.2, -0.15) is 0 Å². The van der Waals surface area contributed by atoms with Crippen molar-refractivity contribution < 1.29 is 24.2 Å². The molecular weight excluding hydrogens is 420 g/mol. The molecule has 8 heteroatoms. The topological polar surface area (TPSA) is 97.8 Å². The first kappa shape index (κ1) is 22.1. The number of aromatic carboxylic acids is 1. The molecule has 0 aliphatic carbocycles. The number of ether oxygens (including phenoxy) is 2. The molecule has 1 heterocycles. The second-order valence-electron chi connectivity index (χ2n) is 6.78. The van der Waals surface area contributed by atoms with Crippen molar-refractivity contribution in [3.8, 4) is 17.2 Å². The highest BCUT2D eigenvalue weighted by atomic mass is 35.5. The monoisotopic (exact) mass is 440 g/mol. The van der Waals surface area contributed by atoms with Crippen LogP contribution in [0.15, 0.2) is 54.7 Å². The molecule has 0 radical (unpaired) electrons. The fourth-order valence-electron chi connectivity index (χ4n) is 2.85. The smallest absolute Gasteiger partial charge is 0.354 e. The average Bonchev–Trinajstić information content (AvgIpc) is 2.76. The number of halogens is 1. The zero-order valence-electron chi connectivity index (χ0n) is 17.0. The van der Waals surface area contributed by atoms with Crippen LogP contribution in [0.4, 0.5) is 5.69 Å². The molecular formula is C23H21ClN2O5. The van der Waals surface area contributed by atoms with Crippen LogP contribution in [-0.4, -0.2) is 29.1 Å². The number of aromatic nitrogens is 1. The quantitative estimate of drug-likeness (QED) is 0.505. The highest BCUT2D eigenvalue weighted by Gasteiger charge is 2.11. The number of benzene rings is 2. The Hall–Kier alpha value is -3.58. The largest absolute Gasteiger partial charge is 0.495 e. The van der Waals surface area contributed by atoms with Crippen LogP contribution in [-0.2, 0) is 11.2 Å². The molecule has 3 aromatic rings. The van der Waals surface area contributed by atoms with Gasteiger partial charge in [0.2, 0.25) is 5.91 Å². The lowest BCUT2D eigenvalue weighted by atomic mass is 10.1. The molecule has 0 atom stereocenters. The van der Waals surface area contributed by atoms with Crippen LogP contribution >= 0.6 is 11.6 Å². The number of anilines is 1. The summed E-state index contributed by atoms with van der Waals surface area (Å²) >= 11 is 6.10. The third-order valence-corrected chi connectivity index (χ3v) is 4.91. The first-order chi connectivity index (χ1) is 14.9. The Balaban J connectivity index is 1.57. The average molecular weight is 441 g/mol. The maximum Gasteiger partial charge on any atom is 0.354 e. The van der Waals surface area contributed by atoms with Gasteiger partial charge in [0.1, 0.15) is 17.2 Å². The van der Waals surface area contributed by atoms with Crippen molar-refractivity contribution in [1.29, 1.82) is 0 Å². The van der Waals surface area contributed by atoms with Crippen LogP contribution in [0.25, 0.3) is 0 Å². The van der Waals surface area contributed by atoms with E-state index in [1.165, 1.54) is 19.4 Å². The van der Waals surface area contributed by atoms with E-state index in [-0.39, 0.29) is 18.0 Å². The number of carbonyl (C=O) groups is 2. The fourth-order valence-corrected chi connectivity index (χ4v) is 3.01. The molecule has 1 aromatic heterocycles. The normalized spacial score (nSPS) is 10.4. The van der Waals surface area contributed by atoms with Crippen LogP contribution in [0.1, 0.15) is 28.0 Å². The van der Waals surface area contributed by atoms with Crippen LogP contribution in [0.5, 0.6) is 17.2 Å². The summed E-state index contributed by atoms with van der Waals surface area (Å²) in [4.78, 5) is 27.1. The van der Waals surface area contributed by atoms with Crippen molar-refractivity contribution >= 4 is 29.2 Å². The van der Waals surface area contributed by atoms with Gasteiger partial charge in [-0.05, 0) is 48.7 Å². The van der Waals surface area contributed by atoms with Gasteiger partial charge < -0.3 is 19.9 Å². The Labute approximate surface area is 184 Å². The Morgan fingerprint density at radius 1 is 1.10 bits per heavy atom. The summed E-state index contributed by atoms with van der Waals surface area (Å²) in [6, 6.07) is 13.6. The summed E-state index contributed by atoms with van der Waals surface area (Å²) in [5, 5.41) is 12.4. The first-order valence-electron chi connectivity index (χ1n) is 9.46. The predicted molar refractivity (Wildman–Crippen MR) is 117 cm³/mol. The second-order valence-corrected chi connectivity index (χ2v) is 7.19. The molecule has 2 aromatic carbocycles. The Morgan fingerprint density at radius 3 is 2.52 bits per heavy atom. The van der Waals surface area contributed by atoms with E-state index in [2.05, 4.69) is 10.3 Å². The number of amides is 1. The van der Waals surface area contributed by atoms with Gasteiger partial charge >= 0.3 is 5.97 Å². The molecule has 3 rings (SSSR count). The standard InChI is InChI=1S/C23H21ClN2O5/c1-14-11-19(21(30-2)13-18(14)24)26-22(27)8-5-15-3-6-16(7-4-15)31-17-9-10-25-20(12-17)23(28)29/h3-4,6-7,9-13H,5,8H2,1-2H3,(H,26,27)(H,28,29). The molecule has 0 bridgehead atoms. The Kier molecular flexibility index (Phi) is 7.10. The van der Waals surface area contributed by atoms with Crippen LogP contribution in [0.2, 0.25) is 5.02 Å². The third-order valence-electron chi connectivity index (χ3n) is 4.51. The summed E-state index contributed by atoms with van der Waals surface area (Å²) in [5.41, 5.74) is 2.30. The molecule has 1 amide bonds. The molecule has 0 aliphatic rings. The zero-order valence-corrected chi connectivity index (χ0v) is 17.8. The minimum Gasteiger partial charge on any atom is -0.495 e. The minimum absolute atomic E-state index is 0.0901. The van der Waals surface area contributed by atoms with Gasteiger partial charge in [0.15, 0.2) is 5.69 Å². The van der Waals surface area contributed by atoms with Gasteiger partial charge in [-0.25, -0.2) is 9.78 Å². The van der Waals surface area contributed by atoms with Crippen molar-refractivity contribution in [2.45, 2.75) is 19.8 Å². The van der Waals surface area contributed by atoms with E-state index < -0.39 is 5.97 Å². The third kappa shape index (κ3) is 5.96. The molecule has 0 fully saturated rings. The number of hydrogen-bond acceptors (Lipinski definition) is 5. The number of carbonyl (C=O) groups excluding carboxylic acids is 1. The lowest BCUT2D eigenvalue weighted by Gasteiger charge is -2.12. The molecule has 0 spiro atoms. The number of rotatable bonds is 8. The van der Waals surface area contributed by atoms with Gasteiger partial charge in [-0.1, -0.05) is 23.7 Å². The summed E-state index contributed by atoms with van der Waals surface area (Å²) in [5.74, 6) is 0.181. The Morgan fingerprint density at radius 2 is 1.84 bits per heavy atom. The molecule has 0 saturated carbocycles. The van der Waals surface area contributed by atoms with E-state index in [4.69, 9.17) is 26.2 Å². The van der Waals surface area contributed by atoms with Crippen molar-refractivity contribution in [2.75, 3.05) is 12.4 Å². The van der Waals surface area contributed by atoms with Crippen LogP contribution < -0.4 is 14.8 Å². The summed E-state index contributed by atoms with van der Waals surface area (Å²) in [6.45, 7) is 1.86. The SMILES string of the molecule is COc1cc(Cl)c(C)cc1NC(=O)CCc1ccc(Oc2ccnc(C(=O)O)c2)cc1. The van der Waals surface area contributed by atoms with E-state index in [9.17, 15) is 9.59 Å². The van der Waals surface area contributed by atoms with Crippen LogP contribution in [0, 0.1) is 6.92 Å². The highest BCUT2D eigenvalue weighted by Crippen LogP contribution is 2.31. The molecule has 0 unspecified atom stereocenters. The maximum atomic E-state index is 12.4. The molecule has 2 N–H and O–H groups in total. The number of aryl methyl sites for hydroxylation is 2. The second kappa shape index (κ2) is 9.95. The number of nitrogens with zero attached hydrogens (tertiary/aromatic N) is 1. The van der Waals surface area contributed by atoms with Crippen molar-refractivity contribution in [2.24, 2.45) is 0 Å². The van der Waals surface area contributed by atoms with E-state index in [0.29, 0.717) is 34.4 Å². The molecule has 0 saturated heterocycles. The predicted octanol–water partition coefficient (Wildman–Crippen LogP) is 5.11. The van der Waals surface area contributed by atoms with Gasteiger partial charge in [-0.15, -0.1) is 0 Å². The first-order valence-corrected chi connectivity index (χ1v) is 9.83. The number of pyridine rings is 1. The highest BCUT2D eigenvalue weighted by molar-refractivity contribution is 6.31. The lowest BCUT2D eigenvalue weighted by molar-refractivity contribution is -0.116. The van der Waals surface area contributed by atoms with E-state index in [1.54, 1.807) is 30.3 Å². The molecule has 31 heavy (non-hydrogen) atoms. The number of carboxylic acids is 1. The number of carboxylic acid groups (broad SMARTS) is 1. The van der Waals surface area contributed by atoms with Gasteiger partial charge in [0.25, 0.3) is 0 Å². The molecule has 7 nitrogen and oxygen atoms in total. The van der Waals surface area contributed by atoms with E-state index >= 15 is 0 Å². The summed E-state index contributed by atoms with van der Waals surface area (Å²) in [7, 11) is 1.52. The Bertz CT molecular complexity index is 1100. The number of hydrogen-bond donors (Lipinski definition) is 2. The minimum atomic E-state index is -1.12.